The monoisotopic (exact) mass is 417 g/mol. The summed E-state index contributed by atoms with van der Waals surface area (Å²) in [6.07, 6.45) is 1.38. The lowest BCUT2D eigenvalue weighted by Gasteiger charge is -2.44. The number of hydrogen-bond donors (Lipinski definition) is 0. The maximum atomic E-state index is 13.0. The van der Waals surface area contributed by atoms with E-state index in [2.05, 4.69) is 0 Å². The number of rotatable bonds is 1. The van der Waals surface area contributed by atoms with Crippen molar-refractivity contribution in [2.75, 3.05) is 13.1 Å². The van der Waals surface area contributed by atoms with Gasteiger partial charge in [-0.3, -0.25) is 9.59 Å². The summed E-state index contributed by atoms with van der Waals surface area (Å²) in [5.74, 6) is 0.406. The van der Waals surface area contributed by atoms with Gasteiger partial charge in [-0.25, -0.2) is 4.79 Å². The maximum absolute atomic E-state index is 13.0. The Hall–Kier alpha value is -3.41. The molecular formula is C25H23NO5. The molecule has 0 unspecified atom stereocenters. The zero-order chi connectivity index (χ0) is 21.8. The summed E-state index contributed by atoms with van der Waals surface area (Å²) < 4.78 is 11.7. The van der Waals surface area contributed by atoms with Crippen molar-refractivity contribution < 1.29 is 18.7 Å². The number of ketones is 1. The first-order valence-electron chi connectivity index (χ1n) is 10.5. The van der Waals surface area contributed by atoms with E-state index < -0.39 is 11.2 Å². The van der Waals surface area contributed by atoms with Crippen molar-refractivity contribution in [1.29, 1.82) is 0 Å². The van der Waals surface area contributed by atoms with Gasteiger partial charge < -0.3 is 14.1 Å². The number of aryl methyl sites for hydroxylation is 2. The molecule has 0 bridgehead atoms. The minimum absolute atomic E-state index is 0.0342. The van der Waals surface area contributed by atoms with Crippen molar-refractivity contribution in [3.05, 3.63) is 75.1 Å². The van der Waals surface area contributed by atoms with Gasteiger partial charge in [0, 0.05) is 31.3 Å². The van der Waals surface area contributed by atoms with Crippen molar-refractivity contribution >= 4 is 22.7 Å². The number of piperidine rings is 1. The van der Waals surface area contributed by atoms with Gasteiger partial charge in [-0.15, -0.1) is 0 Å². The molecule has 1 fully saturated rings. The predicted octanol–water partition coefficient (Wildman–Crippen LogP) is 4.05. The number of carbonyl (C=O) groups is 2. The molecule has 1 aromatic heterocycles. The van der Waals surface area contributed by atoms with E-state index in [4.69, 9.17) is 9.15 Å². The van der Waals surface area contributed by atoms with Crippen LogP contribution in [0.3, 0.4) is 0 Å². The second kappa shape index (κ2) is 7.08. The summed E-state index contributed by atoms with van der Waals surface area (Å²) in [5, 5.41) is 0.711. The lowest BCUT2D eigenvalue weighted by molar-refractivity contribution is -0.00626. The predicted molar refractivity (Wildman–Crippen MR) is 116 cm³/mol. The van der Waals surface area contributed by atoms with Gasteiger partial charge in [-0.2, -0.15) is 0 Å². The van der Waals surface area contributed by atoms with Crippen LogP contribution in [0.2, 0.25) is 0 Å². The fourth-order valence-corrected chi connectivity index (χ4v) is 4.71. The quantitative estimate of drug-likeness (QED) is 0.558. The highest BCUT2D eigenvalue weighted by atomic mass is 16.5. The Balaban J connectivity index is 1.37. The molecule has 6 heteroatoms. The SMILES string of the molecule is Cc1cc(C)c2c(c1)C(=O)CC1(CCN(C(=O)c3cc4ccccc4oc3=O)CC1)O2. The van der Waals surface area contributed by atoms with E-state index in [0.29, 0.717) is 54.6 Å². The normalized spacial score (nSPS) is 17.5. The number of ether oxygens (including phenoxy) is 1. The zero-order valence-corrected chi connectivity index (χ0v) is 17.6. The Morgan fingerprint density at radius 2 is 1.77 bits per heavy atom. The molecule has 5 rings (SSSR count). The molecular weight excluding hydrogens is 394 g/mol. The van der Waals surface area contributed by atoms with Gasteiger partial charge in [0.2, 0.25) is 0 Å². The van der Waals surface area contributed by atoms with Crippen LogP contribution in [0.25, 0.3) is 11.0 Å². The minimum Gasteiger partial charge on any atom is -0.486 e. The average Bonchev–Trinajstić information content (AvgIpc) is 2.74. The average molecular weight is 417 g/mol. The lowest BCUT2D eigenvalue weighted by atomic mass is 9.81. The third-order valence-corrected chi connectivity index (χ3v) is 6.35. The number of amides is 1. The first kappa shape index (κ1) is 19.5. The van der Waals surface area contributed by atoms with Crippen LogP contribution in [0, 0.1) is 13.8 Å². The number of likely N-dealkylation sites (tertiary alicyclic amines) is 1. The van der Waals surface area contributed by atoms with Crippen molar-refractivity contribution in [3.8, 4) is 5.75 Å². The topological polar surface area (TPSA) is 76.8 Å². The summed E-state index contributed by atoms with van der Waals surface area (Å²) in [7, 11) is 0. The van der Waals surface area contributed by atoms with Gasteiger partial charge in [0.25, 0.3) is 5.91 Å². The Bertz CT molecular complexity index is 1280. The van der Waals surface area contributed by atoms with Crippen LogP contribution in [0.5, 0.6) is 5.75 Å². The van der Waals surface area contributed by atoms with Gasteiger partial charge in [0.15, 0.2) is 5.78 Å². The number of para-hydroxylation sites is 1. The van der Waals surface area contributed by atoms with E-state index >= 15 is 0 Å². The number of hydrogen-bond acceptors (Lipinski definition) is 5. The largest absolute Gasteiger partial charge is 0.486 e. The van der Waals surface area contributed by atoms with Crippen LogP contribution in [0.1, 0.15) is 51.1 Å². The fourth-order valence-electron chi connectivity index (χ4n) is 4.71. The van der Waals surface area contributed by atoms with Crippen LogP contribution >= 0.6 is 0 Å². The third kappa shape index (κ3) is 3.32. The van der Waals surface area contributed by atoms with Crippen LogP contribution in [-0.2, 0) is 0 Å². The summed E-state index contributed by atoms with van der Waals surface area (Å²) in [6.45, 7) is 4.76. The number of carbonyl (C=O) groups excluding carboxylic acids is 2. The van der Waals surface area contributed by atoms with E-state index in [9.17, 15) is 14.4 Å². The van der Waals surface area contributed by atoms with Gasteiger partial charge in [0.05, 0.1) is 12.0 Å². The third-order valence-electron chi connectivity index (χ3n) is 6.35. The minimum atomic E-state index is -0.631. The number of nitrogens with zero attached hydrogens (tertiary/aromatic N) is 1. The standard InChI is InChI=1S/C25H23NO5/c1-15-11-16(2)22-18(12-15)20(27)14-25(31-22)7-9-26(10-8-25)23(28)19-13-17-5-3-4-6-21(17)30-24(19)29/h3-6,11-13H,7-10,14H2,1-2H3. The second-order valence-corrected chi connectivity index (χ2v) is 8.62. The summed E-state index contributed by atoms with van der Waals surface area (Å²) in [6, 6.07) is 12.6. The molecule has 0 saturated carbocycles. The van der Waals surface area contributed by atoms with E-state index in [0.717, 1.165) is 11.1 Å². The molecule has 2 aliphatic heterocycles. The Morgan fingerprint density at radius 1 is 1.03 bits per heavy atom. The van der Waals surface area contributed by atoms with E-state index in [1.165, 1.54) is 0 Å². The van der Waals surface area contributed by atoms with Crippen LogP contribution < -0.4 is 10.4 Å². The second-order valence-electron chi connectivity index (χ2n) is 8.62. The van der Waals surface area contributed by atoms with E-state index in [1.807, 2.05) is 38.1 Å². The van der Waals surface area contributed by atoms with Crippen molar-refractivity contribution in [2.24, 2.45) is 0 Å². The number of benzene rings is 2. The van der Waals surface area contributed by atoms with Crippen LogP contribution in [0.4, 0.5) is 0 Å². The lowest BCUT2D eigenvalue weighted by Crippen LogP contribution is -2.52. The molecule has 1 spiro atoms. The van der Waals surface area contributed by atoms with Crippen molar-refractivity contribution in [1.82, 2.24) is 4.90 Å². The van der Waals surface area contributed by atoms with Crippen LogP contribution in [-0.4, -0.2) is 35.3 Å². The molecule has 0 N–H and O–H groups in total. The highest BCUT2D eigenvalue weighted by molar-refractivity contribution is 6.01. The van der Waals surface area contributed by atoms with Crippen molar-refractivity contribution in [3.63, 3.8) is 0 Å². The Morgan fingerprint density at radius 3 is 2.55 bits per heavy atom. The molecule has 0 atom stereocenters. The molecule has 3 heterocycles. The zero-order valence-electron chi connectivity index (χ0n) is 17.6. The van der Waals surface area contributed by atoms with Gasteiger partial charge in [0.1, 0.15) is 22.5 Å². The fraction of sp³-hybridized carbons (Fsp3) is 0.320. The smallest absolute Gasteiger partial charge is 0.349 e. The highest BCUT2D eigenvalue weighted by Crippen LogP contribution is 2.41. The molecule has 1 amide bonds. The van der Waals surface area contributed by atoms with Crippen LogP contribution in [0.15, 0.2) is 51.7 Å². The van der Waals surface area contributed by atoms with E-state index in [1.54, 1.807) is 23.1 Å². The highest BCUT2D eigenvalue weighted by Gasteiger charge is 2.44. The first-order chi connectivity index (χ1) is 14.8. The van der Waals surface area contributed by atoms with Crippen molar-refractivity contribution in [2.45, 2.75) is 38.7 Å². The van der Waals surface area contributed by atoms with Gasteiger partial charge in [-0.05, 0) is 43.2 Å². The molecule has 3 aromatic rings. The van der Waals surface area contributed by atoms with Gasteiger partial charge in [-0.1, -0.05) is 24.3 Å². The van der Waals surface area contributed by atoms with E-state index in [-0.39, 0.29) is 17.3 Å². The molecule has 0 aliphatic carbocycles. The molecule has 6 nitrogen and oxygen atoms in total. The Labute approximate surface area is 179 Å². The summed E-state index contributed by atoms with van der Waals surface area (Å²) in [4.78, 5) is 39.9. The summed E-state index contributed by atoms with van der Waals surface area (Å²) in [5.41, 5.74) is 1.90. The molecule has 158 valence electrons. The first-order valence-corrected chi connectivity index (χ1v) is 10.5. The Kier molecular flexibility index (Phi) is 4.46. The number of Topliss-reactive ketones (excluding diaryl/α,β-unsaturated/α-hetero) is 1. The van der Waals surface area contributed by atoms with Gasteiger partial charge >= 0.3 is 5.63 Å². The molecule has 31 heavy (non-hydrogen) atoms. The maximum Gasteiger partial charge on any atom is 0.349 e. The summed E-state index contributed by atoms with van der Waals surface area (Å²) >= 11 is 0. The molecule has 2 aliphatic rings. The molecule has 2 aromatic carbocycles. The molecule has 1 saturated heterocycles. The number of fused-ring (bicyclic) bond motifs is 2. The molecule has 0 radical (unpaired) electrons.